The zero-order valence-corrected chi connectivity index (χ0v) is 13.0. The van der Waals surface area contributed by atoms with Crippen LogP contribution in [0.2, 0.25) is 0 Å². The molecule has 0 aromatic rings. The van der Waals surface area contributed by atoms with Crippen LogP contribution in [0.3, 0.4) is 0 Å². The molecule has 22 heavy (non-hydrogen) atoms. The highest BCUT2D eigenvalue weighted by Gasteiger charge is 2.62. The lowest BCUT2D eigenvalue weighted by atomic mass is 9.75. The minimum atomic E-state index is -1.01. The van der Waals surface area contributed by atoms with Crippen molar-refractivity contribution in [3.63, 3.8) is 0 Å². The van der Waals surface area contributed by atoms with Crippen LogP contribution in [0.5, 0.6) is 0 Å². The van der Waals surface area contributed by atoms with E-state index < -0.39 is 23.6 Å². The summed E-state index contributed by atoms with van der Waals surface area (Å²) in [7, 11) is 2.50. The Labute approximate surface area is 128 Å². The van der Waals surface area contributed by atoms with Gasteiger partial charge < -0.3 is 14.2 Å². The van der Waals surface area contributed by atoms with Crippen molar-refractivity contribution < 1.29 is 28.6 Å². The van der Waals surface area contributed by atoms with Gasteiger partial charge in [-0.25, -0.2) is 9.59 Å². The molecule has 1 saturated heterocycles. The Morgan fingerprint density at radius 3 is 2.55 bits per heavy atom. The lowest BCUT2D eigenvalue weighted by Gasteiger charge is -2.32. The van der Waals surface area contributed by atoms with Gasteiger partial charge in [-0.15, -0.1) is 0 Å². The van der Waals surface area contributed by atoms with Crippen LogP contribution in [-0.2, 0) is 28.6 Å². The third-order valence-electron chi connectivity index (χ3n) is 5.22. The number of Topliss-reactive ketones (excluding diaryl/α,β-unsaturated/α-hetero) is 1. The quantitative estimate of drug-likeness (QED) is 0.713. The lowest BCUT2D eigenvalue weighted by molar-refractivity contribution is -0.143. The van der Waals surface area contributed by atoms with Crippen LogP contribution in [0.25, 0.3) is 0 Å². The maximum Gasteiger partial charge on any atom is 0.337 e. The van der Waals surface area contributed by atoms with Crippen molar-refractivity contribution in [3.05, 3.63) is 11.1 Å². The van der Waals surface area contributed by atoms with Gasteiger partial charge in [0.25, 0.3) is 0 Å². The highest BCUT2D eigenvalue weighted by molar-refractivity contribution is 6.09. The van der Waals surface area contributed by atoms with Crippen LogP contribution in [0.15, 0.2) is 11.1 Å². The fourth-order valence-corrected chi connectivity index (χ4v) is 4.23. The summed E-state index contributed by atoms with van der Waals surface area (Å²) < 4.78 is 15.7. The smallest absolute Gasteiger partial charge is 0.337 e. The van der Waals surface area contributed by atoms with E-state index in [1.54, 1.807) is 0 Å². The average Bonchev–Trinajstić information content (AvgIpc) is 3.04. The van der Waals surface area contributed by atoms with Crippen molar-refractivity contribution in [3.8, 4) is 0 Å². The first-order valence-electron chi connectivity index (χ1n) is 7.59. The van der Waals surface area contributed by atoms with E-state index in [1.165, 1.54) is 14.2 Å². The molecule has 1 saturated carbocycles. The average molecular weight is 308 g/mol. The Hall–Kier alpha value is -1.69. The van der Waals surface area contributed by atoms with Gasteiger partial charge in [0.2, 0.25) is 0 Å². The number of carbonyl (C=O) groups excluding carboxylic acids is 3. The fourth-order valence-electron chi connectivity index (χ4n) is 4.23. The second kappa shape index (κ2) is 5.19. The number of esters is 2. The molecule has 2 bridgehead atoms. The molecule has 2 fully saturated rings. The van der Waals surface area contributed by atoms with Gasteiger partial charge in [-0.05, 0) is 31.6 Å². The summed E-state index contributed by atoms with van der Waals surface area (Å²) >= 11 is 0. The van der Waals surface area contributed by atoms with Crippen molar-refractivity contribution >= 4 is 17.7 Å². The molecule has 0 N–H and O–H groups in total. The van der Waals surface area contributed by atoms with Gasteiger partial charge in [-0.3, -0.25) is 4.79 Å². The Morgan fingerprint density at radius 1 is 1.23 bits per heavy atom. The summed E-state index contributed by atoms with van der Waals surface area (Å²) in [5.41, 5.74) is -0.630. The number of ketones is 1. The molecule has 2 unspecified atom stereocenters. The van der Waals surface area contributed by atoms with Gasteiger partial charge >= 0.3 is 11.9 Å². The Balaban J connectivity index is 2.23. The number of methoxy groups -OCH3 is 2. The second-order valence-electron chi connectivity index (χ2n) is 6.29. The highest BCUT2D eigenvalue weighted by atomic mass is 16.6. The summed E-state index contributed by atoms with van der Waals surface area (Å²) in [6.07, 6.45) is 2.05. The van der Waals surface area contributed by atoms with E-state index in [-0.39, 0.29) is 28.8 Å². The molecule has 6 nitrogen and oxygen atoms in total. The maximum atomic E-state index is 12.6. The molecule has 6 heteroatoms. The SMILES string of the molecule is COC(=O)C1=C(C(=O)OC)[C@@]23CCCC2CC(C)C(=O)[C@@H]1O3. The Bertz CT molecular complexity index is 577. The minimum Gasteiger partial charge on any atom is -0.466 e. The Kier molecular flexibility index (Phi) is 3.59. The monoisotopic (exact) mass is 308 g/mol. The molecule has 0 amide bonds. The molecule has 2 aliphatic heterocycles. The van der Waals surface area contributed by atoms with E-state index >= 15 is 0 Å². The van der Waals surface area contributed by atoms with E-state index in [0.717, 1.165) is 12.8 Å². The summed E-state index contributed by atoms with van der Waals surface area (Å²) in [6.45, 7) is 1.85. The van der Waals surface area contributed by atoms with Gasteiger partial charge in [0, 0.05) is 5.92 Å². The number of rotatable bonds is 2. The van der Waals surface area contributed by atoms with Gasteiger partial charge in [0.15, 0.2) is 5.78 Å². The summed E-state index contributed by atoms with van der Waals surface area (Å²) in [4.78, 5) is 37.2. The van der Waals surface area contributed by atoms with Crippen molar-refractivity contribution in [1.82, 2.24) is 0 Å². The standard InChI is InChI=1S/C16H20O6/c1-8-7-9-5-4-6-16(9)11(15(19)21-3)10(14(18)20-2)13(22-16)12(8)17/h8-9,13H,4-7H2,1-3H3/t8?,9?,13-,16-/m1/s1. The van der Waals surface area contributed by atoms with Crippen molar-refractivity contribution in [2.45, 2.75) is 44.3 Å². The molecule has 3 aliphatic rings. The first-order valence-corrected chi connectivity index (χ1v) is 7.59. The third-order valence-corrected chi connectivity index (χ3v) is 5.22. The topological polar surface area (TPSA) is 78.9 Å². The zero-order chi connectivity index (χ0) is 16.1. The molecule has 4 atom stereocenters. The van der Waals surface area contributed by atoms with Crippen molar-refractivity contribution in [1.29, 1.82) is 0 Å². The normalized spacial score (nSPS) is 36.9. The second-order valence-corrected chi connectivity index (χ2v) is 6.29. The van der Waals surface area contributed by atoms with Crippen molar-refractivity contribution in [2.75, 3.05) is 14.2 Å². The van der Waals surface area contributed by atoms with E-state index in [9.17, 15) is 14.4 Å². The minimum absolute atomic E-state index is 0.0396. The summed E-state index contributed by atoms with van der Waals surface area (Å²) in [6, 6.07) is 0. The first kappa shape index (κ1) is 15.2. The predicted molar refractivity (Wildman–Crippen MR) is 74.8 cm³/mol. The molecule has 3 rings (SSSR count). The van der Waals surface area contributed by atoms with Crippen LogP contribution >= 0.6 is 0 Å². The van der Waals surface area contributed by atoms with Crippen molar-refractivity contribution in [2.24, 2.45) is 11.8 Å². The van der Waals surface area contributed by atoms with Crippen LogP contribution in [0.1, 0.15) is 32.6 Å². The predicted octanol–water partition coefficient (Wildman–Crippen LogP) is 1.18. The van der Waals surface area contributed by atoms with Crippen LogP contribution < -0.4 is 0 Å². The van der Waals surface area contributed by atoms with Gasteiger partial charge in [0.1, 0.15) is 11.7 Å². The Morgan fingerprint density at radius 2 is 1.91 bits per heavy atom. The van der Waals surface area contributed by atoms with Crippen LogP contribution in [0.4, 0.5) is 0 Å². The van der Waals surface area contributed by atoms with Gasteiger partial charge in [0.05, 0.1) is 25.4 Å². The molecular weight excluding hydrogens is 288 g/mol. The summed E-state index contributed by atoms with van der Waals surface area (Å²) in [5, 5.41) is 0. The number of ether oxygens (including phenoxy) is 3. The van der Waals surface area contributed by atoms with E-state index in [4.69, 9.17) is 14.2 Å². The lowest BCUT2D eigenvalue weighted by Crippen LogP contribution is -2.39. The summed E-state index contributed by atoms with van der Waals surface area (Å²) in [5.74, 6) is -1.60. The molecular formula is C16H20O6. The molecule has 120 valence electrons. The number of fused-ring (bicyclic) bond motifs is 1. The number of carbonyl (C=O) groups is 3. The molecule has 0 aromatic heterocycles. The van der Waals surface area contributed by atoms with E-state index in [2.05, 4.69) is 0 Å². The fraction of sp³-hybridized carbons (Fsp3) is 0.688. The largest absolute Gasteiger partial charge is 0.466 e. The molecule has 0 radical (unpaired) electrons. The maximum absolute atomic E-state index is 12.6. The van der Waals surface area contributed by atoms with Crippen LogP contribution in [0, 0.1) is 11.8 Å². The van der Waals surface area contributed by atoms with E-state index in [0.29, 0.717) is 12.8 Å². The molecule has 1 aliphatic carbocycles. The number of hydrogen-bond donors (Lipinski definition) is 0. The third kappa shape index (κ3) is 1.86. The molecule has 1 spiro atoms. The van der Waals surface area contributed by atoms with Crippen LogP contribution in [-0.4, -0.2) is 43.6 Å². The van der Waals surface area contributed by atoms with Gasteiger partial charge in [-0.1, -0.05) is 6.92 Å². The van der Waals surface area contributed by atoms with E-state index in [1.807, 2.05) is 6.92 Å². The first-order chi connectivity index (χ1) is 10.5. The van der Waals surface area contributed by atoms with Gasteiger partial charge in [-0.2, -0.15) is 0 Å². The highest BCUT2D eigenvalue weighted by Crippen LogP contribution is 2.55. The zero-order valence-electron chi connectivity index (χ0n) is 13.0. The molecule has 0 aromatic carbocycles. The number of hydrogen-bond acceptors (Lipinski definition) is 6. The molecule has 2 heterocycles.